The Morgan fingerprint density at radius 1 is 1.27 bits per heavy atom. The van der Waals surface area contributed by atoms with Gasteiger partial charge >= 0.3 is 5.97 Å². The lowest BCUT2D eigenvalue weighted by Crippen LogP contribution is -2.33. The fourth-order valence-corrected chi connectivity index (χ4v) is 4.07. The third-order valence-electron chi connectivity index (χ3n) is 5.67. The van der Waals surface area contributed by atoms with Gasteiger partial charge in [0.1, 0.15) is 0 Å². The summed E-state index contributed by atoms with van der Waals surface area (Å²) in [4.78, 5) is 18.5. The Balaban J connectivity index is 1.97. The van der Waals surface area contributed by atoms with Gasteiger partial charge < -0.3 is 10.0 Å². The second-order valence-corrected chi connectivity index (χ2v) is 8.21. The number of anilines is 1. The molecule has 1 saturated heterocycles. The van der Waals surface area contributed by atoms with E-state index < -0.39 is 5.97 Å². The maximum absolute atomic E-state index is 11.9. The highest BCUT2D eigenvalue weighted by atomic mass is 16.4. The molecule has 0 bridgehead atoms. The topological polar surface area (TPSA) is 95.0 Å². The van der Waals surface area contributed by atoms with Crippen LogP contribution in [0, 0.1) is 24.2 Å². The van der Waals surface area contributed by atoms with Crippen molar-refractivity contribution in [2.45, 2.75) is 39.5 Å². The summed E-state index contributed by atoms with van der Waals surface area (Å²) < 4.78 is 1.76. The highest BCUT2D eigenvalue weighted by molar-refractivity contribution is 5.98. The van der Waals surface area contributed by atoms with Gasteiger partial charge in [-0.2, -0.15) is 10.4 Å². The smallest absolute Gasteiger partial charge is 0.354 e. The monoisotopic (exact) mass is 403 g/mol. The first-order valence-electron chi connectivity index (χ1n) is 10.3. The second kappa shape index (κ2) is 7.79. The largest absolute Gasteiger partial charge is 0.477 e. The maximum atomic E-state index is 11.9. The summed E-state index contributed by atoms with van der Waals surface area (Å²) in [7, 11) is 0. The van der Waals surface area contributed by atoms with Crippen molar-refractivity contribution in [3.05, 3.63) is 47.3 Å². The standard InChI is InChI=1S/C23H25N5O2/c1-14(2)21-20-19(27-9-7-16(13-24)8-10-27)12-18(23(29)30)25-22(20)28(26-21)17-6-4-5-15(3)11-17/h4-6,11-12,14,16H,7-10H2,1-3H3,(H,29,30). The quantitative estimate of drug-likeness (QED) is 0.698. The number of carbonyl (C=O) groups is 1. The van der Waals surface area contributed by atoms with Crippen molar-refractivity contribution in [2.75, 3.05) is 18.0 Å². The van der Waals surface area contributed by atoms with Crippen molar-refractivity contribution in [1.29, 1.82) is 5.26 Å². The van der Waals surface area contributed by atoms with E-state index in [1.807, 2.05) is 31.2 Å². The number of benzene rings is 1. The number of pyridine rings is 1. The average Bonchev–Trinajstić information content (AvgIpc) is 3.13. The molecule has 0 saturated carbocycles. The van der Waals surface area contributed by atoms with Crippen LogP contribution in [0.15, 0.2) is 30.3 Å². The molecule has 7 heteroatoms. The second-order valence-electron chi connectivity index (χ2n) is 8.21. The van der Waals surface area contributed by atoms with Crippen LogP contribution in [0.5, 0.6) is 0 Å². The van der Waals surface area contributed by atoms with Crippen molar-refractivity contribution >= 4 is 22.7 Å². The van der Waals surface area contributed by atoms with E-state index in [2.05, 4.69) is 29.8 Å². The zero-order valence-electron chi connectivity index (χ0n) is 17.5. The van der Waals surface area contributed by atoms with Crippen LogP contribution in [0.4, 0.5) is 5.69 Å². The van der Waals surface area contributed by atoms with Crippen LogP contribution in [0.3, 0.4) is 0 Å². The number of carboxylic acid groups (broad SMARTS) is 1. The van der Waals surface area contributed by atoms with Crippen LogP contribution in [0.1, 0.15) is 54.4 Å². The van der Waals surface area contributed by atoms with Gasteiger partial charge in [-0.05, 0) is 49.4 Å². The zero-order chi connectivity index (χ0) is 21.4. The van der Waals surface area contributed by atoms with Gasteiger partial charge in [-0.3, -0.25) is 0 Å². The number of rotatable bonds is 4. The molecule has 0 atom stereocenters. The summed E-state index contributed by atoms with van der Waals surface area (Å²) in [5.74, 6) is -0.864. The van der Waals surface area contributed by atoms with E-state index in [0.717, 1.165) is 40.9 Å². The summed E-state index contributed by atoms with van der Waals surface area (Å²) in [6, 6.07) is 12.0. The van der Waals surface area contributed by atoms with E-state index >= 15 is 0 Å². The fraction of sp³-hybridized carbons (Fsp3) is 0.391. The fourth-order valence-electron chi connectivity index (χ4n) is 4.07. The Morgan fingerprint density at radius 2 is 2.00 bits per heavy atom. The summed E-state index contributed by atoms with van der Waals surface area (Å²) in [6.07, 6.45) is 1.54. The van der Waals surface area contributed by atoms with Gasteiger partial charge in [0.25, 0.3) is 0 Å². The van der Waals surface area contributed by atoms with Gasteiger partial charge in [0, 0.05) is 19.0 Å². The Bertz CT molecular complexity index is 1150. The molecule has 30 heavy (non-hydrogen) atoms. The van der Waals surface area contributed by atoms with E-state index in [0.29, 0.717) is 18.7 Å². The van der Waals surface area contributed by atoms with E-state index in [1.165, 1.54) is 0 Å². The Morgan fingerprint density at radius 3 is 2.60 bits per heavy atom. The predicted molar refractivity (Wildman–Crippen MR) is 115 cm³/mol. The summed E-state index contributed by atoms with van der Waals surface area (Å²) in [6.45, 7) is 7.60. The van der Waals surface area contributed by atoms with Crippen LogP contribution in [-0.4, -0.2) is 38.9 Å². The van der Waals surface area contributed by atoms with Gasteiger partial charge in [0.2, 0.25) is 0 Å². The van der Waals surface area contributed by atoms with Crippen LogP contribution < -0.4 is 4.90 Å². The van der Waals surface area contributed by atoms with Gasteiger partial charge in [-0.1, -0.05) is 26.0 Å². The molecule has 2 aromatic heterocycles. The van der Waals surface area contributed by atoms with Crippen molar-refractivity contribution in [3.63, 3.8) is 0 Å². The maximum Gasteiger partial charge on any atom is 0.354 e. The number of aryl methyl sites for hydroxylation is 1. The molecule has 7 nitrogen and oxygen atoms in total. The van der Waals surface area contributed by atoms with Crippen LogP contribution in [0.2, 0.25) is 0 Å². The molecule has 1 aromatic carbocycles. The third kappa shape index (κ3) is 3.50. The molecule has 154 valence electrons. The zero-order valence-corrected chi connectivity index (χ0v) is 17.5. The average molecular weight is 403 g/mol. The summed E-state index contributed by atoms with van der Waals surface area (Å²) >= 11 is 0. The van der Waals surface area contributed by atoms with Crippen molar-refractivity contribution in [1.82, 2.24) is 14.8 Å². The predicted octanol–water partition coefficient (Wildman–Crippen LogP) is 4.29. The van der Waals surface area contributed by atoms with E-state index in [9.17, 15) is 15.2 Å². The molecule has 3 heterocycles. The Hall–Kier alpha value is -3.40. The number of hydrogen-bond acceptors (Lipinski definition) is 5. The number of piperidine rings is 1. The van der Waals surface area contributed by atoms with Crippen LogP contribution >= 0.6 is 0 Å². The lowest BCUT2D eigenvalue weighted by atomic mass is 9.97. The molecule has 1 aliphatic rings. The molecule has 0 radical (unpaired) electrons. The van der Waals surface area contributed by atoms with Crippen LogP contribution in [-0.2, 0) is 0 Å². The number of hydrogen-bond donors (Lipinski definition) is 1. The third-order valence-corrected chi connectivity index (χ3v) is 5.67. The highest BCUT2D eigenvalue weighted by Gasteiger charge is 2.27. The highest BCUT2D eigenvalue weighted by Crippen LogP contribution is 2.36. The van der Waals surface area contributed by atoms with Crippen LogP contribution in [0.25, 0.3) is 16.7 Å². The first kappa shape index (κ1) is 19.9. The molecule has 0 spiro atoms. The first-order valence-corrected chi connectivity index (χ1v) is 10.3. The molecule has 0 aliphatic carbocycles. The molecular weight excluding hydrogens is 378 g/mol. The van der Waals surface area contributed by atoms with Gasteiger partial charge in [0.15, 0.2) is 11.3 Å². The first-order chi connectivity index (χ1) is 14.4. The van der Waals surface area contributed by atoms with E-state index in [-0.39, 0.29) is 17.5 Å². The summed E-state index contributed by atoms with van der Waals surface area (Å²) in [5, 5.41) is 24.7. The Labute approximate surface area is 175 Å². The number of nitrogens with zero attached hydrogens (tertiary/aromatic N) is 5. The summed E-state index contributed by atoms with van der Waals surface area (Å²) in [5.41, 5.74) is 4.25. The van der Waals surface area contributed by atoms with Gasteiger partial charge in [0.05, 0.1) is 28.5 Å². The molecule has 1 aliphatic heterocycles. The van der Waals surface area contributed by atoms with E-state index in [1.54, 1.807) is 10.7 Å². The molecule has 4 rings (SSSR count). The molecule has 1 fully saturated rings. The number of nitriles is 1. The molecule has 1 N–H and O–H groups in total. The molecule has 0 amide bonds. The normalized spacial score (nSPS) is 15.0. The number of aromatic carboxylic acids is 1. The van der Waals surface area contributed by atoms with E-state index in [4.69, 9.17) is 5.10 Å². The minimum Gasteiger partial charge on any atom is -0.477 e. The van der Waals surface area contributed by atoms with Crippen molar-refractivity contribution in [2.24, 2.45) is 5.92 Å². The lowest BCUT2D eigenvalue weighted by Gasteiger charge is -2.31. The van der Waals surface area contributed by atoms with Gasteiger partial charge in [-0.25, -0.2) is 14.5 Å². The lowest BCUT2D eigenvalue weighted by molar-refractivity contribution is 0.0691. The number of carboxylic acids is 1. The van der Waals surface area contributed by atoms with Gasteiger partial charge in [-0.15, -0.1) is 0 Å². The number of fused-ring (bicyclic) bond motifs is 1. The molecule has 0 unspecified atom stereocenters. The molecular formula is C23H25N5O2. The van der Waals surface area contributed by atoms with Crippen molar-refractivity contribution < 1.29 is 9.90 Å². The molecule has 3 aromatic rings. The minimum atomic E-state index is -1.06. The Kier molecular flexibility index (Phi) is 5.17. The number of aromatic nitrogens is 3. The SMILES string of the molecule is Cc1cccc(-n2nc(C(C)C)c3c(N4CCC(C#N)CC4)cc(C(=O)O)nc32)c1. The minimum absolute atomic E-state index is 0.00372. The van der Waals surface area contributed by atoms with Crippen molar-refractivity contribution in [3.8, 4) is 11.8 Å².